The van der Waals surface area contributed by atoms with Gasteiger partial charge in [0.05, 0.1) is 26.6 Å². The molecule has 25 heavy (non-hydrogen) atoms. The van der Waals surface area contributed by atoms with E-state index in [4.69, 9.17) is 11.6 Å². The Morgan fingerprint density at radius 3 is 2.92 bits per heavy atom. The molecule has 128 valence electrons. The zero-order valence-electron chi connectivity index (χ0n) is 12.9. The molecule has 1 aromatic heterocycles. The number of fused-ring (bicyclic) bond motifs is 3. The SMILES string of the molecule is CC1CNc2nc3c(Br)c(C(=O)c4cc(F)ccc4Cl)c(Br)cc3n21. The first-order valence-corrected chi connectivity index (χ1v) is 9.48. The molecule has 2 heterocycles. The van der Waals surface area contributed by atoms with Gasteiger partial charge in [-0.1, -0.05) is 11.6 Å². The highest BCUT2D eigenvalue weighted by Crippen LogP contribution is 2.39. The number of nitrogens with zero attached hydrogens (tertiary/aromatic N) is 2. The molecule has 0 spiro atoms. The summed E-state index contributed by atoms with van der Waals surface area (Å²) >= 11 is 13.1. The predicted octanol–water partition coefficient (Wildman–Crippen LogP) is 5.57. The van der Waals surface area contributed by atoms with Crippen LogP contribution >= 0.6 is 43.5 Å². The van der Waals surface area contributed by atoms with Crippen molar-refractivity contribution in [2.24, 2.45) is 0 Å². The molecule has 0 amide bonds. The fourth-order valence-corrected chi connectivity index (χ4v) is 4.83. The molecule has 1 aliphatic heterocycles. The third-order valence-corrected chi connectivity index (χ3v) is 6.00. The second-order valence-corrected chi connectivity index (χ2v) is 7.96. The second-order valence-electron chi connectivity index (χ2n) is 5.90. The molecule has 3 aromatic rings. The maximum Gasteiger partial charge on any atom is 0.204 e. The highest BCUT2D eigenvalue weighted by Gasteiger charge is 2.27. The molecule has 0 aliphatic carbocycles. The van der Waals surface area contributed by atoms with Crippen LogP contribution in [0.1, 0.15) is 28.9 Å². The average Bonchev–Trinajstić information content (AvgIpc) is 3.10. The molecule has 8 heteroatoms. The Labute approximate surface area is 164 Å². The van der Waals surface area contributed by atoms with Crippen molar-refractivity contribution in [2.75, 3.05) is 11.9 Å². The standard InChI is InChI=1S/C17H11Br2ClFN3O/c1-7-6-22-17-23-15-12(24(7)17)5-10(18)13(14(15)19)16(25)9-4-8(21)2-3-11(9)20/h2-5,7H,6H2,1H3,(H,22,23). The van der Waals surface area contributed by atoms with Crippen molar-refractivity contribution in [1.82, 2.24) is 9.55 Å². The summed E-state index contributed by atoms with van der Waals surface area (Å²) in [6.07, 6.45) is 0. The quantitative estimate of drug-likeness (QED) is 0.481. The van der Waals surface area contributed by atoms with E-state index in [0.29, 0.717) is 20.0 Å². The maximum absolute atomic E-state index is 13.6. The van der Waals surface area contributed by atoms with Crippen molar-refractivity contribution in [3.63, 3.8) is 0 Å². The Morgan fingerprint density at radius 2 is 2.16 bits per heavy atom. The van der Waals surface area contributed by atoms with Gasteiger partial charge in [-0.2, -0.15) is 0 Å². The Morgan fingerprint density at radius 1 is 1.40 bits per heavy atom. The first-order chi connectivity index (χ1) is 11.9. The van der Waals surface area contributed by atoms with Crippen LogP contribution in [0.25, 0.3) is 11.0 Å². The average molecular weight is 488 g/mol. The number of nitrogens with one attached hydrogen (secondary N) is 1. The fourth-order valence-electron chi connectivity index (χ4n) is 3.08. The highest BCUT2D eigenvalue weighted by molar-refractivity contribution is 9.11. The maximum atomic E-state index is 13.6. The molecule has 4 rings (SSSR count). The molecule has 1 unspecified atom stereocenters. The zero-order chi connectivity index (χ0) is 17.9. The number of hydrogen-bond acceptors (Lipinski definition) is 3. The lowest BCUT2D eigenvalue weighted by atomic mass is 10.0. The molecule has 1 atom stereocenters. The summed E-state index contributed by atoms with van der Waals surface area (Å²) in [4.78, 5) is 17.6. The Balaban J connectivity index is 1.94. The summed E-state index contributed by atoms with van der Waals surface area (Å²) in [5.41, 5.74) is 2.06. The summed E-state index contributed by atoms with van der Waals surface area (Å²) in [5, 5.41) is 3.44. The fraction of sp³-hybridized carbons (Fsp3) is 0.176. The van der Waals surface area contributed by atoms with E-state index < -0.39 is 5.82 Å². The van der Waals surface area contributed by atoms with Crippen molar-refractivity contribution >= 4 is 66.2 Å². The molecule has 0 bridgehead atoms. The lowest BCUT2D eigenvalue weighted by Gasteiger charge is -2.11. The van der Waals surface area contributed by atoms with E-state index >= 15 is 0 Å². The summed E-state index contributed by atoms with van der Waals surface area (Å²) in [5.74, 6) is -0.122. The van der Waals surface area contributed by atoms with Crippen molar-refractivity contribution in [2.45, 2.75) is 13.0 Å². The summed E-state index contributed by atoms with van der Waals surface area (Å²) < 4.78 is 16.8. The van der Waals surface area contributed by atoms with Gasteiger partial charge in [0.2, 0.25) is 5.95 Å². The molecular formula is C17H11Br2ClFN3O. The number of carbonyl (C=O) groups is 1. The largest absolute Gasteiger partial charge is 0.354 e. The van der Waals surface area contributed by atoms with E-state index in [1.807, 2.05) is 6.07 Å². The summed E-state index contributed by atoms with van der Waals surface area (Å²) in [7, 11) is 0. The molecule has 0 saturated carbocycles. The van der Waals surface area contributed by atoms with Crippen LogP contribution in [-0.4, -0.2) is 21.9 Å². The molecule has 4 nitrogen and oxygen atoms in total. The van der Waals surface area contributed by atoms with Crippen LogP contribution in [-0.2, 0) is 0 Å². The monoisotopic (exact) mass is 485 g/mol. The number of aromatic nitrogens is 2. The smallest absolute Gasteiger partial charge is 0.204 e. The third kappa shape index (κ3) is 2.60. The van der Waals surface area contributed by atoms with Crippen LogP contribution < -0.4 is 5.32 Å². The Bertz CT molecular complexity index is 1050. The zero-order valence-corrected chi connectivity index (χ0v) is 16.8. The van der Waals surface area contributed by atoms with Crippen LogP contribution in [0.15, 0.2) is 33.2 Å². The van der Waals surface area contributed by atoms with Gasteiger partial charge in [-0.15, -0.1) is 0 Å². The van der Waals surface area contributed by atoms with E-state index in [-0.39, 0.29) is 22.4 Å². The van der Waals surface area contributed by atoms with Gasteiger partial charge in [-0.05, 0) is 63.0 Å². The third-order valence-electron chi connectivity index (χ3n) is 4.27. The first-order valence-electron chi connectivity index (χ1n) is 7.52. The van der Waals surface area contributed by atoms with Gasteiger partial charge in [0.1, 0.15) is 11.3 Å². The minimum atomic E-state index is -0.514. The highest BCUT2D eigenvalue weighted by atomic mass is 79.9. The number of halogens is 4. The number of anilines is 1. The second kappa shape index (κ2) is 6.07. The van der Waals surface area contributed by atoms with Crippen molar-refractivity contribution < 1.29 is 9.18 Å². The molecule has 2 aromatic carbocycles. The van der Waals surface area contributed by atoms with Gasteiger partial charge >= 0.3 is 0 Å². The molecular weight excluding hydrogens is 476 g/mol. The molecule has 0 radical (unpaired) electrons. The number of rotatable bonds is 2. The number of ketones is 1. The van der Waals surface area contributed by atoms with Crippen LogP contribution in [0.4, 0.5) is 10.3 Å². The van der Waals surface area contributed by atoms with Crippen LogP contribution in [0, 0.1) is 5.82 Å². The number of imidazole rings is 1. The number of hydrogen-bond donors (Lipinski definition) is 1. The van der Waals surface area contributed by atoms with Gasteiger partial charge in [0, 0.05) is 16.6 Å². The minimum absolute atomic E-state index is 0.112. The van der Waals surface area contributed by atoms with Gasteiger partial charge in [0.15, 0.2) is 5.78 Å². The molecule has 1 aliphatic rings. The van der Waals surface area contributed by atoms with Crippen LogP contribution in [0.3, 0.4) is 0 Å². The van der Waals surface area contributed by atoms with Crippen molar-refractivity contribution in [1.29, 1.82) is 0 Å². The van der Waals surface area contributed by atoms with Crippen molar-refractivity contribution in [3.8, 4) is 0 Å². The first kappa shape index (κ1) is 17.0. The lowest BCUT2D eigenvalue weighted by Crippen LogP contribution is -2.07. The molecule has 0 saturated heterocycles. The van der Waals surface area contributed by atoms with Crippen LogP contribution in [0.2, 0.25) is 5.02 Å². The molecule has 1 N–H and O–H groups in total. The predicted molar refractivity (Wildman–Crippen MR) is 103 cm³/mol. The van der Waals surface area contributed by atoms with Gasteiger partial charge in [0.25, 0.3) is 0 Å². The van der Waals surface area contributed by atoms with Gasteiger partial charge < -0.3 is 9.88 Å². The van der Waals surface area contributed by atoms with E-state index in [1.54, 1.807) is 0 Å². The minimum Gasteiger partial charge on any atom is -0.354 e. The normalized spacial score (nSPS) is 16.1. The van der Waals surface area contributed by atoms with E-state index in [9.17, 15) is 9.18 Å². The van der Waals surface area contributed by atoms with E-state index in [0.717, 1.165) is 24.1 Å². The topological polar surface area (TPSA) is 46.9 Å². The van der Waals surface area contributed by atoms with E-state index in [1.165, 1.54) is 12.1 Å². The number of benzene rings is 2. The van der Waals surface area contributed by atoms with Crippen molar-refractivity contribution in [3.05, 3.63) is 55.2 Å². The molecule has 0 fully saturated rings. The number of carbonyl (C=O) groups excluding carboxylic acids is 1. The van der Waals surface area contributed by atoms with Gasteiger partial charge in [-0.25, -0.2) is 9.37 Å². The Hall–Kier alpha value is -1.44. The van der Waals surface area contributed by atoms with Crippen LogP contribution in [0.5, 0.6) is 0 Å². The lowest BCUT2D eigenvalue weighted by molar-refractivity contribution is 0.103. The summed E-state index contributed by atoms with van der Waals surface area (Å²) in [6.45, 7) is 2.91. The Kier molecular flexibility index (Phi) is 4.13. The van der Waals surface area contributed by atoms with E-state index in [2.05, 4.69) is 53.7 Å². The summed E-state index contributed by atoms with van der Waals surface area (Å²) in [6, 6.07) is 5.86. The van der Waals surface area contributed by atoms with Gasteiger partial charge in [-0.3, -0.25) is 4.79 Å².